The summed E-state index contributed by atoms with van der Waals surface area (Å²) in [4.78, 5) is 8.25. The molecule has 0 bridgehead atoms. The Balaban J connectivity index is 2.06. The first kappa shape index (κ1) is 21.7. The molecule has 1 heterocycles. The number of aryl methyl sites for hydroxylation is 1. The number of rotatable bonds is 4. The zero-order valence-electron chi connectivity index (χ0n) is 18.6. The molecule has 154 valence electrons. The van der Waals surface area contributed by atoms with Gasteiger partial charge in [0, 0.05) is 18.0 Å². The highest BCUT2D eigenvalue weighted by Gasteiger charge is 2.44. The molecule has 3 aromatic rings. The molecule has 0 saturated carbocycles. The first-order valence-electron chi connectivity index (χ1n) is 10.1. The monoisotopic (exact) mass is 399 g/mol. The van der Waals surface area contributed by atoms with Gasteiger partial charge in [0.05, 0.1) is 11.5 Å². The van der Waals surface area contributed by atoms with Gasteiger partial charge in [0.1, 0.15) is 11.9 Å². The van der Waals surface area contributed by atoms with Gasteiger partial charge >= 0.3 is 0 Å². The lowest BCUT2D eigenvalue weighted by molar-refractivity contribution is -0.0269. The van der Waals surface area contributed by atoms with Crippen molar-refractivity contribution in [3.8, 4) is 17.2 Å². The van der Waals surface area contributed by atoms with Gasteiger partial charge in [-0.25, -0.2) is 9.97 Å². The minimum Gasteiger partial charge on any atom is -0.380 e. The van der Waals surface area contributed by atoms with E-state index in [1.54, 1.807) is 12.4 Å². The van der Waals surface area contributed by atoms with E-state index in [-0.39, 0.29) is 0 Å². The van der Waals surface area contributed by atoms with E-state index in [1.165, 1.54) is 6.33 Å². The SMILES string of the molecule is Cc1cc(-c2ccc(C(C)(C)C#N)cc2)ccc1C(O)(c1cncnc1)C(C)(C)C. The fourth-order valence-corrected chi connectivity index (χ4v) is 3.87. The second kappa shape index (κ2) is 7.66. The third-order valence-electron chi connectivity index (χ3n) is 5.90. The minimum absolute atomic E-state index is 0.464. The molecule has 1 aromatic heterocycles. The molecule has 0 fully saturated rings. The second-order valence-corrected chi connectivity index (χ2v) is 9.43. The van der Waals surface area contributed by atoms with Gasteiger partial charge in [0.15, 0.2) is 0 Å². The molecule has 4 nitrogen and oxygen atoms in total. The number of nitriles is 1. The maximum Gasteiger partial charge on any atom is 0.123 e. The highest BCUT2D eigenvalue weighted by atomic mass is 16.3. The Labute approximate surface area is 179 Å². The third kappa shape index (κ3) is 3.74. The fourth-order valence-electron chi connectivity index (χ4n) is 3.87. The van der Waals surface area contributed by atoms with E-state index in [2.05, 4.69) is 22.1 Å². The summed E-state index contributed by atoms with van der Waals surface area (Å²) < 4.78 is 0. The van der Waals surface area contributed by atoms with E-state index >= 15 is 0 Å². The number of aromatic nitrogens is 2. The van der Waals surface area contributed by atoms with Crippen molar-refractivity contribution in [3.63, 3.8) is 0 Å². The van der Waals surface area contributed by atoms with Crippen LogP contribution in [0.5, 0.6) is 0 Å². The zero-order valence-corrected chi connectivity index (χ0v) is 18.6. The number of aliphatic hydroxyl groups is 1. The molecule has 1 atom stereocenters. The maximum atomic E-state index is 11.9. The smallest absolute Gasteiger partial charge is 0.123 e. The van der Waals surface area contributed by atoms with Crippen molar-refractivity contribution >= 4 is 0 Å². The Morgan fingerprint density at radius 2 is 1.40 bits per heavy atom. The van der Waals surface area contributed by atoms with Crippen LogP contribution in [0, 0.1) is 23.7 Å². The fraction of sp³-hybridized carbons (Fsp3) is 0.346. The first-order valence-corrected chi connectivity index (χ1v) is 10.1. The molecule has 0 saturated heterocycles. The van der Waals surface area contributed by atoms with Crippen molar-refractivity contribution in [2.24, 2.45) is 5.41 Å². The standard InChI is InChI=1S/C26H29N3O/c1-18-13-20(19-7-10-21(11-8-19)25(5,6)16-27)9-12-23(18)26(30,24(2,3)4)22-14-28-17-29-15-22/h7-15,17,30H,1-6H3. The molecule has 1 unspecified atom stereocenters. The maximum absolute atomic E-state index is 11.9. The molecule has 0 radical (unpaired) electrons. The van der Waals surface area contributed by atoms with Gasteiger partial charge in [-0.15, -0.1) is 0 Å². The lowest BCUT2D eigenvalue weighted by atomic mass is 9.68. The summed E-state index contributed by atoms with van der Waals surface area (Å²) in [5, 5.41) is 21.2. The predicted octanol–water partition coefficient (Wildman–Crippen LogP) is 5.54. The molecule has 0 aliphatic carbocycles. The molecule has 1 N–H and O–H groups in total. The van der Waals surface area contributed by atoms with Crippen LogP contribution in [-0.2, 0) is 11.0 Å². The van der Waals surface area contributed by atoms with Gasteiger partial charge in [0.2, 0.25) is 0 Å². The van der Waals surface area contributed by atoms with Crippen LogP contribution in [0.3, 0.4) is 0 Å². The van der Waals surface area contributed by atoms with Gasteiger partial charge in [-0.2, -0.15) is 5.26 Å². The molecular weight excluding hydrogens is 370 g/mol. The number of hydrogen-bond acceptors (Lipinski definition) is 4. The first-order chi connectivity index (χ1) is 14.0. The molecule has 4 heteroatoms. The largest absolute Gasteiger partial charge is 0.380 e. The molecule has 3 rings (SSSR count). The molecule has 0 spiro atoms. The van der Waals surface area contributed by atoms with E-state index in [4.69, 9.17) is 0 Å². The van der Waals surface area contributed by atoms with Crippen LogP contribution in [0.1, 0.15) is 56.9 Å². The summed E-state index contributed by atoms with van der Waals surface area (Å²) in [6.07, 6.45) is 4.84. The average molecular weight is 400 g/mol. The Kier molecular flexibility index (Phi) is 5.54. The minimum atomic E-state index is -1.22. The number of hydrogen-bond donors (Lipinski definition) is 1. The lowest BCUT2D eigenvalue weighted by Crippen LogP contribution is -2.42. The second-order valence-electron chi connectivity index (χ2n) is 9.43. The van der Waals surface area contributed by atoms with Gasteiger partial charge in [-0.05, 0) is 54.0 Å². The summed E-state index contributed by atoms with van der Waals surface area (Å²) in [6, 6.07) is 16.6. The van der Waals surface area contributed by atoms with E-state index in [9.17, 15) is 10.4 Å². The van der Waals surface area contributed by atoms with Crippen LogP contribution in [0.15, 0.2) is 61.2 Å². The Hall–Kier alpha value is -3.03. The Morgan fingerprint density at radius 3 is 1.90 bits per heavy atom. The molecule has 0 aliphatic rings. The highest BCUT2D eigenvalue weighted by molar-refractivity contribution is 5.66. The summed E-state index contributed by atoms with van der Waals surface area (Å²) >= 11 is 0. The van der Waals surface area contributed by atoms with Crippen LogP contribution in [-0.4, -0.2) is 15.1 Å². The van der Waals surface area contributed by atoms with Gasteiger partial charge < -0.3 is 5.11 Å². The molecule has 0 amide bonds. The van der Waals surface area contributed by atoms with Crippen molar-refractivity contribution in [2.75, 3.05) is 0 Å². The van der Waals surface area contributed by atoms with Crippen LogP contribution < -0.4 is 0 Å². The summed E-state index contributed by atoms with van der Waals surface area (Å²) in [7, 11) is 0. The van der Waals surface area contributed by atoms with Crippen molar-refractivity contribution in [3.05, 3.63) is 83.4 Å². The van der Waals surface area contributed by atoms with Crippen molar-refractivity contribution in [2.45, 2.75) is 52.6 Å². The summed E-state index contributed by atoms with van der Waals surface area (Å²) in [6.45, 7) is 11.9. The summed E-state index contributed by atoms with van der Waals surface area (Å²) in [5.74, 6) is 0. The normalized spacial score (nSPS) is 14.1. The quantitative estimate of drug-likeness (QED) is 0.626. The van der Waals surface area contributed by atoms with E-state index < -0.39 is 16.4 Å². The van der Waals surface area contributed by atoms with Crippen LogP contribution in [0.25, 0.3) is 11.1 Å². The van der Waals surface area contributed by atoms with Gasteiger partial charge in [-0.3, -0.25) is 0 Å². The molecule has 2 aromatic carbocycles. The van der Waals surface area contributed by atoms with Crippen LogP contribution in [0.2, 0.25) is 0 Å². The Morgan fingerprint density at radius 1 is 0.833 bits per heavy atom. The number of nitrogens with zero attached hydrogens (tertiary/aromatic N) is 3. The molecule has 30 heavy (non-hydrogen) atoms. The predicted molar refractivity (Wildman–Crippen MR) is 120 cm³/mol. The summed E-state index contributed by atoms with van der Waals surface area (Å²) in [5.41, 5.74) is 3.45. The zero-order chi connectivity index (χ0) is 22.2. The van der Waals surface area contributed by atoms with Gasteiger partial charge in [-0.1, -0.05) is 63.2 Å². The number of benzene rings is 2. The lowest BCUT2D eigenvalue weighted by Gasteiger charge is -2.41. The van der Waals surface area contributed by atoms with E-state index in [1.807, 2.05) is 77.9 Å². The van der Waals surface area contributed by atoms with Gasteiger partial charge in [0.25, 0.3) is 0 Å². The molecular formula is C26H29N3O. The third-order valence-corrected chi connectivity index (χ3v) is 5.90. The Bertz CT molecular complexity index is 1070. The highest BCUT2D eigenvalue weighted by Crippen LogP contribution is 2.46. The average Bonchev–Trinajstić information content (AvgIpc) is 2.73. The van der Waals surface area contributed by atoms with E-state index in [0.29, 0.717) is 5.56 Å². The topological polar surface area (TPSA) is 69.8 Å². The van der Waals surface area contributed by atoms with E-state index in [0.717, 1.165) is 27.8 Å². The van der Waals surface area contributed by atoms with Crippen molar-refractivity contribution in [1.82, 2.24) is 9.97 Å². The van der Waals surface area contributed by atoms with Crippen LogP contribution >= 0.6 is 0 Å². The van der Waals surface area contributed by atoms with Crippen molar-refractivity contribution in [1.29, 1.82) is 5.26 Å². The van der Waals surface area contributed by atoms with Crippen LogP contribution in [0.4, 0.5) is 0 Å². The molecule has 0 aliphatic heterocycles. The van der Waals surface area contributed by atoms with Crippen molar-refractivity contribution < 1.29 is 5.11 Å².